The van der Waals surface area contributed by atoms with Gasteiger partial charge in [-0.3, -0.25) is 10.1 Å². The third kappa shape index (κ3) is 3.21. The van der Waals surface area contributed by atoms with Gasteiger partial charge in [-0.1, -0.05) is 19.3 Å². The number of nitrogens with one attached hydrogen (secondary N) is 1. The monoisotopic (exact) mass is 316 g/mol. The first kappa shape index (κ1) is 15.5. The average Bonchev–Trinajstić information content (AvgIpc) is 3.05. The SMILES string of the molecule is COCC1(C(=O)Nc2ncnn2-c2ncccn2)CCCCC1. The van der Waals surface area contributed by atoms with Crippen molar-refractivity contribution in [2.24, 2.45) is 5.41 Å². The molecule has 2 aromatic heterocycles. The topological polar surface area (TPSA) is 94.8 Å². The zero-order valence-corrected chi connectivity index (χ0v) is 13.1. The Hall–Kier alpha value is -2.35. The molecule has 0 unspecified atom stereocenters. The van der Waals surface area contributed by atoms with Crippen LogP contribution in [0.2, 0.25) is 0 Å². The number of carbonyl (C=O) groups excluding carboxylic acids is 1. The second-order valence-electron chi connectivity index (χ2n) is 5.77. The maximum Gasteiger partial charge on any atom is 0.253 e. The van der Waals surface area contributed by atoms with Crippen LogP contribution in [-0.2, 0) is 9.53 Å². The molecule has 0 aliphatic heterocycles. The van der Waals surface area contributed by atoms with Crippen molar-refractivity contribution < 1.29 is 9.53 Å². The van der Waals surface area contributed by atoms with Gasteiger partial charge in [0, 0.05) is 19.5 Å². The molecule has 0 aromatic carbocycles. The van der Waals surface area contributed by atoms with Gasteiger partial charge >= 0.3 is 0 Å². The van der Waals surface area contributed by atoms with Crippen LogP contribution in [0.4, 0.5) is 5.95 Å². The Balaban J connectivity index is 1.81. The molecule has 1 amide bonds. The Morgan fingerprint density at radius 2 is 2.00 bits per heavy atom. The molecule has 1 aliphatic rings. The van der Waals surface area contributed by atoms with Crippen molar-refractivity contribution in [3.8, 4) is 5.95 Å². The number of rotatable bonds is 5. The van der Waals surface area contributed by atoms with Crippen molar-refractivity contribution in [2.45, 2.75) is 32.1 Å². The van der Waals surface area contributed by atoms with Gasteiger partial charge in [0.15, 0.2) is 0 Å². The summed E-state index contributed by atoms with van der Waals surface area (Å²) in [4.78, 5) is 25.2. The van der Waals surface area contributed by atoms with Gasteiger partial charge in [-0.25, -0.2) is 9.97 Å². The first-order valence-electron chi connectivity index (χ1n) is 7.73. The molecule has 1 fully saturated rings. The van der Waals surface area contributed by atoms with Crippen LogP contribution < -0.4 is 5.32 Å². The number of anilines is 1. The highest BCUT2D eigenvalue weighted by molar-refractivity contribution is 5.94. The second-order valence-corrected chi connectivity index (χ2v) is 5.77. The fourth-order valence-corrected chi connectivity index (χ4v) is 3.05. The second kappa shape index (κ2) is 6.82. The fourth-order valence-electron chi connectivity index (χ4n) is 3.05. The first-order valence-corrected chi connectivity index (χ1v) is 7.73. The highest BCUT2D eigenvalue weighted by Gasteiger charge is 2.40. The van der Waals surface area contributed by atoms with Gasteiger partial charge in [0.1, 0.15) is 6.33 Å². The molecule has 0 atom stereocenters. The van der Waals surface area contributed by atoms with E-state index in [-0.39, 0.29) is 5.91 Å². The Labute approximate surface area is 134 Å². The van der Waals surface area contributed by atoms with Crippen molar-refractivity contribution in [1.82, 2.24) is 24.7 Å². The molecule has 0 spiro atoms. The molecular formula is C15H20N6O2. The summed E-state index contributed by atoms with van der Waals surface area (Å²) in [6, 6.07) is 1.72. The van der Waals surface area contributed by atoms with E-state index in [0.29, 0.717) is 18.5 Å². The van der Waals surface area contributed by atoms with E-state index in [9.17, 15) is 4.79 Å². The number of nitrogens with zero attached hydrogens (tertiary/aromatic N) is 5. The van der Waals surface area contributed by atoms with Crippen molar-refractivity contribution in [3.63, 3.8) is 0 Å². The van der Waals surface area contributed by atoms with E-state index < -0.39 is 5.41 Å². The summed E-state index contributed by atoms with van der Waals surface area (Å²) in [7, 11) is 1.63. The maximum atomic E-state index is 12.8. The van der Waals surface area contributed by atoms with Crippen LogP contribution in [0, 0.1) is 5.41 Å². The van der Waals surface area contributed by atoms with Crippen LogP contribution in [0.1, 0.15) is 32.1 Å². The molecule has 0 bridgehead atoms. The molecule has 1 aliphatic carbocycles. The molecule has 2 heterocycles. The van der Waals surface area contributed by atoms with Crippen LogP contribution in [0.15, 0.2) is 24.8 Å². The third-order valence-corrected chi connectivity index (χ3v) is 4.23. The van der Waals surface area contributed by atoms with Gasteiger partial charge in [-0.2, -0.15) is 14.8 Å². The van der Waals surface area contributed by atoms with Crippen LogP contribution >= 0.6 is 0 Å². The fraction of sp³-hybridized carbons (Fsp3) is 0.533. The van der Waals surface area contributed by atoms with E-state index >= 15 is 0 Å². The lowest BCUT2D eigenvalue weighted by Crippen LogP contribution is -2.42. The number of aromatic nitrogens is 5. The maximum absolute atomic E-state index is 12.8. The molecule has 2 aromatic rings. The first-order chi connectivity index (χ1) is 11.2. The van der Waals surface area contributed by atoms with Crippen LogP contribution in [-0.4, -0.2) is 44.4 Å². The van der Waals surface area contributed by atoms with Crippen molar-refractivity contribution in [2.75, 3.05) is 19.0 Å². The zero-order valence-electron chi connectivity index (χ0n) is 13.1. The molecule has 23 heavy (non-hydrogen) atoms. The largest absolute Gasteiger partial charge is 0.384 e. The molecule has 122 valence electrons. The number of amides is 1. The minimum atomic E-state index is -0.499. The van der Waals surface area contributed by atoms with Crippen LogP contribution in [0.5, 0.6) is 0 Å². The molecule has 1 N–H and O–H groups in total. The van der Waals surface area contributed by atoms with Gasteiger partial charge in [-0.05, 0) is 18.9 Å². The summed E-state index contributed by atoms with van der Waals surface area (Å²) in [6.07, 6.45) is 9.47. The van der Waals surface area contributed by atoms with E-state index in [4.69, 9.17) is 4.74 Å². The summed E-state index contributed by atoms with van der Waals surface area (Å²) in [6.45, 7) is 0.412. The quantitative estimate of drug-likeness (QED) is 0.900. The smallest absolute Gasteiger partial charge is 0.253 e. The predicted molar refractivity (Wildman–Crippen MR) is 83.0 cm³/mol. The lowest BCUT2D eigenvalue weighted by atomic mass is 9.74. The standard InChI is InChI=1S/C15H20N6O2/c1-23-10-15(6-3-2-4-7-15)12(22)20-14-18-11-19-21(14)13-16-8-5-9-17-13/h5,8-9,11H,2-4,6-7,10H2,1H3,(H,18,19,20,22). The molecule has 0 radical (unpaired) electrons. The summed E-state index contributed by atoms with van der Waals surface area (Å²) >= 11 is 0. The van der Waals surface area contributed by atoms with Crippen molar-refractivity contribution >= 4 is 11.9 Å². The summed E-state index contributed by atoms with van der Waals surface area (Å²) < 4.78 is 6.73. The number of methoxy groups -OCH3 is 1. The highest BCUT2D eigenvalue weighted by atomic mass is 16.5. The van der Waals surface area contributed by atoms with Gasteiger partial charge in [0.05, 0.1) is 12.0 Å². The molecule has 8 heteroatoms. The third-order valence-electron chi connectivity index (χ3n) is 4.23. The Morgan fingerprint density at radius 1 is 1.26 bits per heavy atom. The van der Waals surface area contributed by atoms with E-state index in [0.717, 1.165) is 32.1 Å². The van der Waals surface area contributed by atoms with Gasteiger partial charge in [0.25, 0.3) is 5.95 Å². The predicted octanol–water partition coefficient (Wildman–Crippen LogP) is 1.59. The Bertz CT molecular complexity index is 645. The molecule has 0 saturated heterocycles. The summed E-state index contributed by atoms with van der Waals surface area (Å²) in [5.41, 5.74) is -0.499. The number of ether oxygens (including phenoxy) is 1. The average molecular weight is 316 g/mol. The molecular weight excluding hydrogens is 296 g/mol. The lowest BCUT2D eigenvalue weighted by molar-refractivity contribution is -0.131. The van der Waals surface area contributed by atoms with Crippen molar-refractivity contribution in [1.29, 1.82) is 0 Å². The number of carbonyl (C=O) groups is 1. The Kier molecular flexibility index (Phi) is 4.61. The Morgan fingerprint density at radius 3 is 2.70 bits per heavy atom. The molecule has 3 rings (SSSR count). The summed E-state index contributed by atoms with van der Waals surface area (Å²) in [5, 5.41) is 6.96. The highest BCUT2D eigenvalue weighted by Crippen LogP contribution is 2.37. The zero-order chi connectivity index (χ0) is 16.1. The molecule has 1 saturated carbocycles. The lowest BCUT2D eigenvalue weighted by Gasteiger charge is -2.34. The van der Waals surface area contributed by atoms with Crippen molar-refractivity contribution in [3.05, 3.63) is 24.8 Å². The van der Waals surface area contributed by atoms with Gasteiger partial charge < -0.3 is 4.74 Å². The van der Waals surface area contributed by atoms with E-state index in [1.165, 1.54) is 11.0 Å². The number of hydrogen-bond donors (Lipinski definition) is 1. The van der Waals surface area contributed by atoms with E-state index in [2.05, 4.69) is 25.4 Å². The minimum absolute atomic E-state index is 0.0794. The van der Waals surface area contributed by atoms with Gasteiger partial charge in [0.2, 0.25) is 11.9 Å². The summed E-state index contributed by atoms with van der Waals surface area (Å²) in [5.74, 6) is 0.608. The van der Waals surface area contributed by atoms with Crippen LogP contribution in [0.25, 0.3) is 5.95 Å². The van der Waals surface area contributed by atoms with Gasteiger partial charge in [-0.15, -0.1) is 0 Å². The normalized spacial score (nSPS) is 16.9. The number of hydrogen-bond acceptors (Lipinski definition) is 6. The van der Waals surface area contributed by atoms with E-state index in [1.54, 1.807) is 25.6 Å². The van der Waals surface area contributed by atoms with E-state index in [1.807, 2.05) is 0 Å². The van der Waals surface area contributed by atoms with Crippen LogP contribution in [0.3, 0.4) is 0 Å². The molecule has 8 nitrogen and oxygen atoms in total. The minimum Gasteiger partial charge on any atom is -0.384 e.